The van der Waals surface area contributed by atoms with E-state index in [0.717, 1.165) is 0 Å². The maximum absolute atomic E-state index is 12.4. The fourth-order valence-electron chi connectivity index (χ4n) is 1.94. The summed E-state index contributed by atoms with van der Waals surface area (Å²) in [5.41, 5.74) is 1.04. The molecule has 0 aliphatic heterocycles. The van der Waals surface area contributed by atoms with Crippen molar-refractivity contribution >= 4 is 15.7 Å². The van der Waals surface area contributed by atoms with Crippen LogP contribution in [0.1, 0.15) is 5.56 Å². The van der Waals surface area contributed by atoms with Crippen LogP contribution in [0, 0.1) is 6.92 Å². The van der Waals surface area contributed by atoms with Crippen molar-refractivity contribution in [1.82, 2.24) is 0 Å². The number of rotatable bonds is 5. The number of anilines is 1. The molecule has 0 aliphatic carbocycles. The highest BCUT2D eigenvalue weighted by atomic mass is 32.2. The van der Waals surface area contributed by atoms with E-state index < -0.39 is 10.0 Å². The van der Waals surface area contributed by atoms with E-state index in [0.29, 0.717) is 22.7 Å². The number of hydrogen-bond donors (Lipinski definition) is 1. The van der Waals surface area contributed by atoms with E-state index in [2.05, 4.69) is 4.72 Å². The van der Waals surface area contributed by atoms with E-state index in [4.69, 9.17) is 9.47 Å². The van der Waals surface area contributed by atoms with Crippen molar-refractivity contribution < 1.29 is 17.9 Å². The van der Waals surface area contributed by atoms with E-state index in [1.54, 1.807) is 49.4 Å². The van der Waals surface area contributed by atoms with Gasteiger partial charge in [0, 0.05) is 6.07 Å². The van der Waals surface area contributed by atoms with Crippen molar-refractivity contribution in [2.75, 3.05) is 18.9 Å². The van der Waals surface area contributed by atoms with Gasteiger partial charge in [0.1, 0.15) is 11.5 Å². The molecule has 0 atom stereocenters. The molecule has 2 aromatic rings. The third kappa shape index (κ3) is 3.28. The molecule has 0 aromatic heterocycles. The second-order valence-electron chi connectivity index (χ2n) is 4.44. The molecule has 0 amide bonds. The van der Waals surface area contributed by atoms with Crippen molar-refractivity contribution in [2.45, 2.75) is 11.8 Å². The number of ether oxygens (including phenoxy) is 2. The lowest BCUT2D eigenvalue weighted by molar-refractivity contribution is 0.395. The normalized spacial score (nSPS) is 11.0. The molecule has 1 N–H and O–H groups in total. The lowest BCUT2D eigenvalue weighted by Crippen LogP contribution is -2.14. The zero-order valence-corrected chi connectivity index (χ0v) is 12.9. The standard InChI is InChI=1S/C15H17NO4S/c1-11-6-4-5-7-15(11)21(17,18)16-13-9-8-12(19-2)10-14(13)20-3/h4-10,16H,1-3H3. The van der Waals surface area contributed by atoms with Crippen molar-refractivity contribution in [2.24, 2.45) is 0 Å². The number of sulfonamides is 1. The molecule has 112 valence electrons. The molecule has 21 heavy (non-hydrogen) atoms. The van der Waals surface area contributed by atoms with Crippen LogP contribution >= 0.6 is 0 Å². The molecule has 0 spiro atoms. The van der Waals surface area contributed by atoms with Gasteiger partial charge >= 0.3 is 0 Å². The lowest BCUT2D eigenvalue weighted by atomic mass is 10.2. The first kappa shape index (κ1) is 15.2. The summed E-state index contributed by atoms with van der Waals surface area (Å²) in [7, 11) is -0.661. The smallest absolute Gasteiger partial charge is 0.262 e. The van der Waals surface area contributed by atoms with Crippen molar-refractivity contribution in [3.05, 3.63) is 48.0 Å². The van der Waals surface area contributed by atoms with Crippen LogP contribution < -0.4 is 14.2 Å². The molecule has 0 bridgehead atoms. The molecule has 0 fully saturated rings. The van der Waals surface area contributed by atoms with E-state index in [-0.39, 0.29) is 4.90 Å². The fraction of sp³-hybridized carbons (Fsp3) is 0.200. The van der Waals surface area contributed by atoms with Crippen LogP contribution in [-0.2, 0) is 10.0 Å². The number of methoxy groups -OCH3 is 2. The van der Waals surface area contributed by atoms with Gasteiger partial charge in [0.2, 0.25) is 0 Å². The fourth-order valence-corrected chi connectivity index (χ4v) is 3.26. The third-order valence-corrected chi connectivity index (χ3v) is 4.56. The average Bonchev–Trinajstić information content (AvgIpc) is 2.47. The molecule has 6 heteroatoms. The molecule has 0 aliphatic rings. The number of aryl methyl sites for hydroxylation is 1. The molecule has 2 rings (SSSR count). The van der Waals surface area contributed by atoms with E-state index in [1.807, 2.05) is 0 Å². The summed E-state index contributed by atoms with van der Waals surface area (Å²) in [5, 5.41) is 0. The summed E-state index contributed by atoms with van der Waals surface area (Å²) < 4.78 is 37.7. The van der Waals surface area contributed by atoms with Crippen molar-refractivity contribution in [3.63, 3.8) is 0 Å². The molecule has 0 saturated heterocycles. The molecule has 0 heterocycles. The second-order valence-corrected chi connectivity index (χ2v) is 6.09. The van der Waals surface area contributed by atoms with Crippen LogP contribution in [0.2, 0.25) is 0 Å². The minimum absolute atomic E-state index is 0.239. The van der Waals surface area contributed by atoms with Gasteiger partial charge in [-0.2, -0.15) is 0 Å². The first-order valence-electron chi connectivity index (χ1n) is 6.28. The summed E-state index contributed by atoms with van der Waals surface area (Å²) in [6.07, 6.45) is 0. The minimum atomic E-state index is -3.67. The Balaban J connectivity index is 2.40. The highest BCUT2D eigenvalue weighted by Gasteiger charge is 2.18. The lowest BCUT2D eigenvalue weighted by Gasteiger charge is -2.14. The Morgan fingerprint density at radius 2 is 1.71 bits per heavy atom. The number of benzene rings is 2. The summed E-state index contributed by atoms with van der Waals surface area (Å²) in [5.74, 6) is 0.984. The highest BCUT2D eigenvalue weighted by Crippen LogP contribution is 2.31. The Hall–Kier alpha value is -2.21. The SMILES string of the molecule is COc1ccc(NS(=O)(=O)c2ccccc2C)c(OC)c1. The van der Waals surface area contributed by atoms with Gasteiger partial charge in [0.15, 0.2) is 0 Å². The second kappa shape index (κ2) is 6.05. The first-order chi connectivity index (χ1) is 9.97. The van der Waals surface area contributed by atoms with Crippen LogP contribution in [0.3, 0.4) is 0 Å². The Labute approximate surface area is 124 Å². The van der Waals surface area contributed by atoms with Gasteiger partial charge in [-0.25, -0.2) is 8.42 Å². The predicted molar refractivity (Wildman–Crippen MR) is 81.5 cm³/mol. The van der Waals surface area contributed by atoms with Gasteiger partial charge in [0.05, 0.1) is 24.8 Å². The van der Waals surface area contributed by atoms with Crippen LogP contribution in [-0.4, -0.2) is 22.6 Å². The first-order valence-corrected chi connectivity index (χ1v) is 7.76. The minimum Gasteiger partial charge on any atom is -0.497 e. The molecular weight excluding hydrogens is 290 g/mol. The molecule has 0 radical (unpaired) electrons. The van der Waals surface area contributed by atoms with Crippen molar-refractivity contribution in [1.29, 1.82) is 0 Å². The number of nitrogens with one attached hydrogen (secondary N) is 1. The summed E-state index contributed by atoms with van der Waals surface area (Å²) in [6, 6.07) is 11.7. The maximum atomic E-state index is 12.4. The van der Waals surface area contributed by atoms with Gasteiger partial charge in [-0.3, -0.25) is 4.72 Å². The summed E-state index contributed by atoms with van der Waals surface area (Å²) in [4.78, 5) is 0.239. The van der Waals surface area contributed by atoms with Gasteiger partial charge in [-0.15, -0.1) is 0 Å². The zero-order chi connectivity index (χ0) is 15.5. The Morgan fingerprint density at radius 1 is 1.00 bits per heavy atom. The topological polar surface area (TPSA) is 64.6 Å². The monoisotopic (exact) mass is 307 g/mol. The average molecular weight is 307 g/mol. The third-order valence-electron chi connectivity index (χ3n) is 3.04. The highest BCUT2D eigenvalue weighted by molar-refractivity contribution is 7.92. The molecular formula is C15H17NO4S. The van der Waals surface area contributed by atoms with Gasteiger partial charge in [-0.05, 0) is 30.7 Å². The number of hydrogen-bond acceptors (Lipinski definition) is 4. The summed E-state index contributed by atoms with van der Waals surface area (Å²) >= 11 is 0. The van der Waals surface area contributed by atoms with Gasteiger partial charge in [-0.1, -0.05) is 18.2 Å². The summed E-state index contributed by atoms with van der Waals surface area (Å²) in [6.45, 7) is 1.75. The van der Waals surface area contributed by atoms with Gasteiger partial charge in [0.25, 0.3) is 10.0 Å². The molecule has 5 nitrogen and oxygen atoms in total. The van der Waals surface area contributed by atoms with Gasteiger partial charge < -0.3 is 9.47 Å². The molecule has 0 saturated carbocycles. The Morgan fingerprint density at radius 3 is 2.33 bits per heavy atom. The van der Waals surface area contributed by atoms with Crippen LogP contribution in [0.5, 0.6) is 11.5 Å². The van der Waals surface area contributed by atoms with E-state index >= 15 is 0 Å². The Kier molecular flexibility index (Phi) is 4.37. The van der Waals surface area contributed by atoms with Crippen LogP contribution in [0.15, 0.2) is 47.4 Å². The van der Waals surface area contributed by atoms with Crippen LogP contribution in [0.4, 0.5) is 5.69 Å². The molecule has 2 aromatic carbocycles. The largest absolute Gasteiger partial charge is 0.497 e. The predicted octanol–water partition coefficient (Wildman–Crippen LogP) is 2.81. The Bertz CT molecular complexity index is 741. The van der Waals surface area contributed by atoms with E-state index in [1.165, 1.54) is 14.2 Å². The zero-order valence-electron chi connectivity index (χ0n) is 12.1. The maximum Gasteiger partial charge on any atom is 0.262 e. The van der Waals surface area contributed by atoms with E-state index in [9.17, 15) is 8.42 Å². The quantitative estimate of drug-likeness (QED) is 0.922. The molecule has 0 unspecified atom stereocenters. The van der Waals surface area contributed by atoms with Crippen molar-refractivity contribution in [3.8, 4) is 11.5 Å². The van der Waals surface area contributed by atoms with Crippen LogP contribution in [0.25, 0.3) is 0 Å².